The molecule has 0 amide bonds. The second-order valence-corrected chi connectivity index (χ2v) is 18.8. The van der Waals surface area contributed by atoms with Crippen molar-refractivity contribution in [2.45, 2.75) is 58.9 Å². The molecule has 0 aliphatic rings. The lowest BCUT2D eigenvalue weighted by atomic mass is 10.1. The number of benzene rings is 1. The number of rotatable bonds is 10. The van der Waals surface area contributed by atoms with Crippen LogP contribution in [0.3, 0.4) is 0 Å². The van der Waals surface area contributed by atoms with Gasteiger partial charge in [-0.05, 0) is 63.4 Å². The molecular weight excluding hydrogens is 402 g/mol. The lowest BCUT2D eigenvalue weighted by Crippen LogP contribution is -2.54. The van der Waals surface area contributed by atoms with Gasteiger partial charge in [0.2, 0.25) is 0 Å². The number of nitrogens with zero attached hydrogens (tertiary/aromatic N) is 1. The normalized spacial score (nSPS) is 14.1. The van der Waals surface area contributed by atoms with E-state index < -0.39 is 25.7 Å². The number of hydrogen-bond donors (Lipinski definition) is 0. The smallest absolute Gasteiger partial charge is 0.323 e. The van der Waals surface area contributed by atoms with Gasteiger partial charge in [-0.3, -0.25) is 4.98 Å². The van der Waals surface area contributed by atoms with Gasteiger partial charge in [-0.15, -0.1) is 0 Å². The highest BCUT2D eigenvalue weighted by Crippen LogP contribution is 2.27. The van der Waals surface area contributed by atoms with Gasteiger partial charge >= 0.3 is 25.7 Å². The molecule has 1 atom stereocenters. The molecule has 0 N–H and O–H groups in total. The first-order valence-electron chi connectivity index (χ1n) is 9.64. The summed E-state index contributed by atoms with van der Waals surface area (Å²) in [5.41, 5.74) is 2.20. The third-order valence-corrected chi connectivity index (χ3v) is 13.6. The lowest BCUT2D eigenvalue weighted by Gasteiger charge is -2.38. The van der Waals surface area contributed by atoms with Gasteiger partial charge in [0.25, 0.3) is 0 Å². The van der Waals surface area contributed by atoms with E-state index in [4.69, 9.17) is 17.1 Å². The van der Waals surface area contributed by atoms with Gasteiger partial charge in [0.05, 0.1) is 12.7 Å². The zero-order valence-electron chi connectivity index (χ0n) is 18.1. The summed E-state index contributed by atoms with van der Waals surface area (Å²) in [5.74, 6) is 0. The Morgan fingerprint density at radius 2 is 1.46 bits per heavy atom. The number of pyridine rings is 1. The molecule has 0 aliphatic carbocycles. The molecule has 0 bridgehead atoms. The third-order valence-electron chi connectivity index (χ3n) is 4.02. The van der Waals surface area contributed by atoms with Crippen molar-refractivity contribution in [2.75, 3.05) is 0 Å². The van der Waals surface area contributed by atoms with Gasteiger partial charge in [-0.2, -0.15) is 0 Å². The highest BCUT2D eigenvalue weighted by Gasteiger charge is 2.42. The summed E-state index contributed by atoms with van der Waals surface area (Å²) in [4.78, 5) is 4.13. The highest BCUT2D eigenvalue weighted by atomic mass is 28.5. The van der Waals surface area contributed by atoms with Gasteiger partial charge in [0.15, 0.2) is 0 Å². The van der Waals surface area contributed by atoms with Gasteiger partial charge in [-0.1, -0.05) is 36.4 Å². The Balaban J connectivity index is 1.92. The molecule has 28 heavy (non-hydrogen) atoms. The summed E-state index contributed by atoms with van der Waals surface area (Å²) in [6, 6.07) is 14.1. The van der Waals surface area contributed by atoms with Crippen LogP contribution in [0.2, 0.25) is 39.3 Å². The molecule has 1 unspecified atom stereocenters. The largest absolute Gasteiger partial charge is 0.415 e. The SMILES string of the molecule is CC(O[Si](C)(C)O[Si](C)(C)O[Si](C)(C)OCc1cccnc1)c1ccccc1. The average molecular weight is 436 g/mol. The molecule has 8 heteroatoms. The van der Waals surface area contributed by atoms with Crippen molar-refractivity contribution in [3.8, 4) is 0 Å². The molecular formula is C20H33NO4Si3. The third kappa shape index (κ3) is 8.08. The molecule has 154 valence electrons. The van der Waals surface area contributed by atoms with Crippen molar-refractivity contribution in [3.63, 3.8) is 0 Å². The van der Waals surface area contributed by atoms with Crippen LogP contribution >= 0.6 is 0 Å². The van der Waals surface area contributed by atoms with Crippen LogP contribution in [0.1, 0.15) is 24.2 Å². The second-order valence-electron chi connectivity index (χ2n) is 8.22. The summed E-state index contributed by atoms with van der Waals surface area (Å²) >= 11 is 0. The average Bonchev–Trinajstić information content (AvgIpc) is 2.59. The molecule has 0 radical (unpaired) electrons. The fourth-order valence-corrected chi connectivity index (χ4v) is 15.2. The van der Waals surface area contributed by atoms with Crippen molar-refractivity contribution in [1.29, 1.82) is 0 Å². The van der Waals surface area contributed by atoms with E-state index in [9.17, 15) is 0 Å². The first kappa shape index (κ1) is 23.1. The molecule has 5 nitrogen and oxygen atoms in total. The van der Waals surface area contributed by atoms with Crippen molar-refractivity contribution in [1.82, 2.24) is 4.98 Å². The maximum atomic E-state index is 6.48. The van der Waals surface area contributed by atoms with E-state index in [2.05, 4.69) is 63.3 Å². The predicted molar refractivity (Wildman–Crippen MR) is 120 cm³/mol. The first-order chi connectivity index (χ1) is 13.0. The van der Waals surface area contributed by atoms with Crippen LogP contribution in [-0.2, 0) is 23.7 Å². The molecule has 0 saturated carbocycles. The van der Waals surface area contributed by atoms with E-state index >= 15 is 0 Å². The Kier molecular flexibility index (Phi) is 7.91. The summed E-state index contributed by atoms with van der Waals surface area (Å²) in [6.45, 7) is 15.0. The van der Waals surface area contributed by atoms with Crippen molar-refractivity contribution in [3.05, 3.63) is 66.0 Å². The van der Waals surface area contributed by atoms with Crippen LogP contribution in [0.25, 0.3) is 0 Å². The minimum Gasteiger partial charge on any atom is -0.415 e. The van der Waals surface area contributed by atoms with E-state index in [1.807, 2.05) is 36.5 Å². The van der Waals surface area contributed by atoms with Crippen LogP contribution < -0.4 is 0 Å². The summed E-state index contributed by atoms with van der Waals surface area (Å²) in [6.07, 6.45) is 3.56. The van der Waals surface area contributed by atoms with Crippen molar-refractivity contribution >= 4 is 25.7 Å². The van der Waals surface area contributed by atoms with Gasteiger partial charge in [0, 0.05) is 12.4 Å². The van der Waals surface area contributed by atoms with E-state index in [0.717, 1.165) is 11.1 Å². The molecule has 0 aliphatic heterocycles. The molecule has 2 aromatic rings. The quantitative estimate of drug-likeness (QED) is 0.460. The van der Waals surface area contributed by atoms with Crippen LogP contribution in [0, 0.1) is 0 Å². The van der Waals surface area contributed by atoms with Crippen LogP contribution in [0.4, 0.5) is 0 Å². The first-order valence-corrected chi connectivity index (χ1v) is 18.1. The monoisotopic (exact) mass is 435 g/mol. The number of aromatic nitrogens is 1. The molecule has 1 aromatic carbocycles. The Hall–Kier alpha value is -1.14. The minimum absolute atomic E-state index is 0.0141. The minimum atomic E-state index is -2.42. The summed E-state index contributed by atoms with van der Waals surface area (Å²) in [5, 5.41) is 0. The maximum Gasteiger partial charge on any atom is 0.323 e. The van der Waals surface area contributed by atoms with E-state index in [-0.39, 0.29) is 6.10 Å². The van der Waals surface area contributed by atoms with Crippen molar-refractivity contribution in [2.24, 2.45) is 0 Å². The van der Waals surface area contributed by atoms with Crippen LogP contribution in [-0.4, -0.2) is 30.7 Å². The summed E-state index contributed by atoms with van der Waals surface area (Å²) < 4.78 is 25.4. The topological polar surface area (TPSA) is 49.8 Å². The molecule has 0 saturated heterocycles. The summed E-state index contributed by atoms with van der Waals surface area (Å²) in [7, 11) is -7.15. The van der Waals surface area contributed by atoms with Crippen LogP contribution in [0.5, 0.6) is 0 Å². The van der Waals surface area contributed by atoms with Gasteiger partial charge < -0.3 is 17.1 Å². The fourth-order valence-electron chi connectivity index (χ4n) is 3.22. The molecule has 2 rings (SSSR count). The Morgan fingerprint density at radius 3 is 2.07 bits per heavy atom. The zero-order valence-corrected chi connectivity index (χ0v) is 21.1. The molecule has 0 fully saturated rings. The van der Waals surface area contributed by atoms with E-state index in [0.29, 0.717) is 6.61 Å². The second kappa shape index (κ2) is 9.57. The van der Waals surface area contributed by atoms with Crippen molar-refractivity contribution < 1.29 is 17.1 Å². The Bertz CT molecular complexity index is 727. The molecule has 1 aromatic heterocycles. The zero-order chi connectivity index (χ0) is 20.8. The Labute approximate surface area is 172 Å². The molecule has 0 spiro atoms. The van der Waals surface area contributed by atoms with Gasteiger partial charge in [0.1, 0.15) is 0 Å². The lowest BCUT2D eigenvalue weighted by molar-refractivity contribution is 0.159. The Morgan fingerprint density at radius 1 is 0.821 bits per heavy atom. The highest BCUT2D eigenvalue weighted by molar-refractivity contribution is 6.84. The van der Waals surface area contributed by atoms with Crippen LogP contribution in [0.15, 0.2) is 54.9 Å². The number of hydrogen-bond acceptors (Lipinski definition) is 5. The standard InChI is InChI=1S/C20H33NO4Si3/c1-18(20-13-9-8-10-14-20)23-27(4,5)25-28(6,7)24-26(2,3)22-17-19-12-11-15-21-16-19/h8-16,18H,17H2,1-7H3. The van der Waals surface area contributed by atoms with E-state index in [1.54, 1.807) is 6.20 Å². The fraction of sp³-hybridized carbons (Fsp3) is 0.450. The predicted octanol–water partition coefficient (Wildman–Crippen LogP) is 5.51. The molecule has 1 heterocycles. The van der Waals surface area contributed by atoms with E-state index in [1.165, 1.54) is 0 Å². The maximum absolute atomic E-state index is 6.48. The van der Waals surface area contributed by atoms with Gasteiger partial charge in [-0.25, -0.2) is 0 Å².